The van der Waals surface area contributed by atoms with Gasteiger partial charge in [-0.3, -0.25) is 19.3 Å². The Labute approximate surface area is 128 Å². The SMILES string of the molecule is CC(C)N(C)C(=O)c1cccc(CN2C(=O)CSC2=O)c1. The molecular formula is C15H18N2O3S. The molecule has 2 rings (SSSR count). The molecule has 0 aliphatic carbocycles. The molecule has 0 aromatic heterocycles. The maximum absolute atomic E-state index is 12.3. The zero-order valence-corrected chi connectivity index (χ0v) is 13.1. The first kappa shape index (κ1) is 15.6. The zero-order chi connectivity index (χ0) is 15.6. The van der Waals surface area contributed by atoms with Gasteiger partial charge in [-0.05, 0) is 31.5 Å². The van der Waals surface area contributed by atoms with Crippen LogP contribution in [-0.4, -0.2) is 45.7 Å². The van der Waals surface area contributed by atoms with Crippen molar-refractivity contribution in [2.75, 3.05) is 12.8 Å². The highest BCUT2D eigenvalue weighted by Gasteiger charge is 2.29. The summed E-state index contributed by atoms with van der Waals surface area (Å²) in [5, 5.41) is -0.226. The molecule has 1 fully saturated rings. The van der Waals surface area contributed by atoms with Gasteiger partial charge >= 0.3 is 0 Å². The third kappa shape index (κ3) is 3.44. The van der Waals surface area contributed by atoms with E-state index in [4.69, 9.17) is 0 Å². The van der Waals surface area contributed by atoms with E-state index in [1.807, 2.05) is 19.9 Å². The molecule has 112 valence electrons. The number of nitrogens with zero attached hydrogens (tertiary/aromatic N) is 2. The maximum atomic E-state index is 12.3. The molecule has 1 aliphatic heterocycles. The summed E-state index contributed by atoms with van der Waals surface area (Å²) in [6.07, 6.45) is 0. The lowest BCUT2D eigenvalue weighted by Gasteiger charge is -2.22. The molecule has 3 amide bonds. The van der Waals surface area contributed by atoms with Crippen LogP contribution in [0.25, 0.3) is 0 Å². The van der Waals surface area contributed by atoms with Crippen LogP contribution in [0.1, 0.15) is 29.8 Å². The standard InChI is InChI=1S/C15H18N2O3S/c1-10(2)16(3)14(19)12-6-4-5-11(7-12)8-17-13(18)9-21-15(17)20/h4-7,10H,8-9H2,1-3H3. The summed E-state index contributed by atoms with van der Waals surface area (Å²) >= 11 is 1.01. The van der Waals surface area contributed by atoms with Crippen molar-refractivity contribution in [1.29, 1.82) is 0 Å². The molecule has 0 spiro atoms. The lowest BCUT2D eigenvalue weighted by molar-refractivity contribution is -0.125. The summed E-state index contributed by atoms with van der Waals surface area (Å²) < 4.78 is 0. The minimum absolute atomic E-state index is 0.0692. The summed E-state index contributed by atoms with van der Waals surface area (Å²) in [4.78, 5) is 38.4. The first-order valence-electron chi connectivity index (χ1n) is 6.73. The molecule has 0 saturated carbocycles. The monoisotopic (exact) mass is 306 g/mol. The van der Waals surface area contributed by atoms with E-state index in [-0.39, 0.29) is 35.4 Å². The first-order chi connectivity index (χ1) is 9.90. The Morgan fingerprint density at radius 1 is 1.38 bits per heavy atom. The number of thioether (sulfide) groups is 1. The number of carbonyl (C=O) groups is 3. The van der Waals surface area contributed by atoms with Gasteiger partial charge < -0.3 is 4.90 Å². The van der Waals surface area contributed by atoms with Gasteiger partial charge in [-0.1, -0.05) is 23.9 Å². The molecule has 6 heteroatoms. The minimum Gasteiger partial charge on any atom is -0.339 e. The van der Waals surface area contributed by atoms with E-state index in [9.17, 15) is 14.4 Å². The second-order valence-corrected chi connectivity index (χ2v) is 6.17. The van der Waals surface area contributed by atoms with Crippen molar-refractivity contribution in [3.8, 4) is 0 Å². The fourth-order valence-electron chi connectivity index (χ4n) is 1.96. The fraction of sp³-hybridized carbons (Fsp3) is 0.400. The van der Waals surface area contributed by atoms with Gasteiger partial charge in [0.1, 0.15) is 0 Å². The summed E-state index contributed by atoms with van der Waals surface area (Å²) in [5.41, 5.74) is 1.35. The van der Waals surface area contributed by atoms with Gasteiger partial charge in [0, 0.05) is 18.7 Å². The van der Waals surface area contributed by atoms with Crippen molar-refractivity contribution in [2.24, 2.45) is 0 Å². The maximum Gasteiger partial charge on any atom is 0.289 e. The van der Waals surface area contributed by atoms with E-state index in [0.29, 0.717) is 5.56 Å². The lowest BCUT2D eigenvalue weighted by Crippen LogP contribution is -2.33. The summed E-state index contributed by atoms with van der Waals surface area (Å²) in [6.45, 7) is 4.11. The predicted octanol–water partition coefficient (Wildman–Crippen LogP) is 2.36. The van der Waals surface area contributed by atoms with Gasteiger partial charge in [0.25, 0.3) is 11.1 Å². The second kappa shape index (κ2) is 6.30. The predicted molar refractivity (Wildman–Crippen MR) is 82.1 cm³/mol. The number of hydrogen-bond donors (Lipinski definition) is 0. The van der Waals surface area contributed by atoms with Gasteiger partial charge in [0.05, 0.1) is 12.3 Å². The molecule has 0 N–H and O–H groups in total. The number of rotatable bonds is 4. The molecule has 0 bridgehead atoms. The highest BCUT2D eigenvalue weighted by molar-refractivity contribution is 8.14. The minimum atomic E-state index is -0.226. The number of hydrogen-bond acceptors (Lipinski definition) is 4. The van der Waals surface area contributed by atoms with Crippen LogP contribution in [0.15, 0.2) is 24.3 Å². The number of imide groups is 1. The van der Waals surface area contributed by atoms with Crippen LogP contribution in [0.3, 0.4) is 0 Å². The Morgan fingerprint density at radius 3 is 2.67 bits per heavy atom. The lowest BCUT2D eigenvalue weighted by atomic mass is 10.1. The highest BCUT2D eigenvalue weighted by atomic mass is 32.2. The fourth-order valence-corrected chi connectivity index (χ4v) is 2.68. The van der Waals surface area contributed by atoms with E-state index in [1.54, 1.807) is 30.1 Å². The molecule has 1 aliphatic rings. The molecule has 0 radical (unpaired) electrons. The van der Waals surface area contributed by atoms with Crippen LogP contribution >= 0.6 is 11.8 Å². The average molecular weight is 306 g/mol. The van der Waals surface area contributed by atoms with Crippen LogP contribution in [0, 0.1) is 0 Å². The summed E-state index contributed by atoms with van der Waals surface area (Å²) in [5.74, 6) is -0.0468. The molecular weight excluding hydrogens is 288 g/mol. The number of benzene rings is 1. The third-order valence-electron chi connectivity index (χ3n) is 3.45. The van der Waals surface area contributed by atoms with E-state index >= 15 is 0 Å². The van der Waals surface area contributed by atoms with Crippen LogP contribution in [0.4, 0.5) is 4.79 Å². The number of amides is 3. The third-order valence-corrected chi connectivity index (χ3v) is 4.31. The molecule has 0 atom stereocenters. The molecule has 1 saturated heterocycles. The summed E-state index contributed by atoms with van der Waals surface area (Å²) in [6, 6.07) is 7.18. The molecule has 0 unspecified atom stereocenters. The van der Waals surface area contributed by atoms with Gasteiger partial charge in [-0.15, -0.1) is 0 Å². The van der Waals surface area contributed by atoms with Crippen molar-refractivity contribution >= 4 is 28.8 Å². The number of carbonyl (C=O) groups excluding carboxylic acids is 3. The van der Waals surface area contributed by atoms with E-state index < -0.39 is 0 Å². The van der Waals surface area contributed by atoms with Crippen LogP contribution in [0.5, 0.6) is 0 Å². The van der Waals surface area contributed by atoms with E-state index in [0.717, 1.165) is 17.3 Å². The Bertz CT molecular complexity index is 570. The van der Waals surface area contributed by atoms with E-state index in [2.05, 4.69) is 0 Å². The van der Waals surface area contributed by atoms with Crippen molar-refractivity contribution < 1.29 is 14.4 Å². The van der Waals surface area contributed by atoms with Crippen molar-refractivity contribution in [1.82, 2.24) is 9.80 Å². The van der Waals surface area contributed by atoms with E-state index in [1.165, 1.54) is 4.90 Å². The van der Waals surface area contributed by atoms with Gasteiger partial charge in [0.2, 0.25) is 5.91 Å². The van der Waals surface area contributed by atoms with Crippen LogP contribution < -0.4 is 0 Å². The Morgan fingerprint density at radius 2 is 2.10 bits per heavy atom. The van der Waals surface area contributed by atoms with Crippen LogP contribution in [-0.2, 0) is 11.3 Å². The normalized spacial score (nSPS) is 15.0. The van der Waals surface area contributed by atoms with Gasteiger partial charge in [0.15, 0.2) is 0 Å². The molecule has 1 aromatic rings. The Kier molecular flexibility index (Phi) is 4.67. The second-order valence-electron chi connectivity index (χ2n) is 5.24. The zero-order valence-electron chi connectivity index (χ0n) is 12.3. The topological polar surface area (TPSA) is 57.7 Å². The molecule has 21 heavy (non-hydrogen) atoms. The average Bonchev–Trinajstić information content (AvgIpc) is 2.78. The van der Waals surface area contributed by atoms with Crippen molar-refractivity contribution in [3.63, 3.8) is 0 Å². The molecule has 1 aromatic carbocycles. The quantitative estimate of drug-likeness (QED) is 0.857. The van der Waals surface area contributed by atoms with Crippen LogP contribution in [0.2, 0.25) is 0 Å². The van der Waals surface area contributed by atoms with Gasteiger partial charge in [-0.25, -0.2) is 0 Å². The largest absolute Gasteiger partial charge is 0.339 e. The first-order valence-corrected chi connectivity index (χ1v) is 7.72. The van der Waals surface area contributed by atoms with Crippen molar-refractivity contribution in [3.05, 3.63) is 35.4 Å². The Hall–Kier alpha value is -1.82. The highest BCUT2D eigenvalue weighted by Crippen LogP contribution is 2.21. The smallest absolute Gasteiger partial charge is 0.289 e. The van der Waals surface area contributed by atoms with Crippen molar-refractivity contribution in [2.45, 2.75) is 26.4 Å². The molecule has 1 heterocycles. The Balaban J connectivity index is 2.16. The van der Waals surface area contributed by atoms with Gasteiger partial charge in [-0.2, -0.15) is 0 Å². The summed E-state index contributed by atoms with van der Waals surface area (Å²) in [7, 11) is 1.75. The molecule has 5 nitrogen and oxygen atoms in total.